The third kappa shape index (κ3) is 5.82. The van der Waals surface area contributed by atoms with E-state index in [0.29, 0.717) is 0 Å². The van der Waals surface area contributed by atoms with Crippen LogP contribution in [0, 0.1) is 10.1 Å². The van der Waals surface area contributed by atoms with Crippen LogP contribution in [-0.4, -0.2) is 38.0 Å². The molecule has 19 heavy (non-hydrogen) atoms. The summed E-state index contributed by atoms with van der Waals surface area (Å²) in [4.78, 5) is 21.1. The van der Waals surface area contributed by atoms with Crippen molar-refractivity contribution in [1.29, 1.82) is 0 Å². The predicted octanol–water partition coefficient (Wildman–Crippen LogP) is 0.728. The average Bonchev–Trinajstić information content (AvgIpc) is 2.27. The minimum absolute atomic E-state index is 0.0648. The van der Waals surface area contributed by atoms with Gasteiger partial charge in [0, 0.05) is 24.9 Å². The van der Waals surface area contributed by atoms with E-state index < -0.39 is 20.9 Å². The quantitative estimate of drug-likeness (QED) is 0.630. The van der Waals surface area contributed by atoms with Crippen LogP contribution >= 0.6 is 0 Å². The zero-order valence-electron chi connectivity index (χ0n) is 10.0. The topological polar surface area (TPSA) is 116 Å². The minimum atomic E-state index is -3.15. The zero-order chi connectivity index (χ0) is 14.5. The van der Waals surface area contributed by atoms with Gasteiger partial charge in [0.25, 0.3) is 5.69 Å². The van der Waals surface area contributed by atoms with Crippen molar-refractivity contribution in [2.75, 3.05) is 18.6 Å². The van der Waals surface area contributed by atoms with Crippen molar-refractivity contribution >= 4 is 21.6 Å². The molecule has 1 rings (SSSR count). The number of carbonyl (C=O) groups excluding carboxylic acids is 1. The molecule has 0 saturated heterocycles. The number of nitrogens with one attached hydrogen (secondary N) is 1. The highest BCUT2D eigenvalue weighted by Gasteiger charge is 2.09. The number of ether oxygens (including phenoxy) is 1. The number of carbonyl (C=O) groups is 1. The van der Waals surface area contributed by atoms with Gasteiger partial charge in [0.05, 0.1) is 10.7 Å². The minimum Gasteiger partial charge on any atom is -0.410 e. The highest BCUT2D eigenvalue weighted by molar-refractivity contribution is 7.90. The van der Waals surface area contributed by atoms with Gasteiger partial charge in [0.2, 0.25) is 0 Å². The van der Waals surface area contributed by atoms with Gasteiger partial charge in [-0.15, -0.1) is 0 Å². The van der Waals surface area contributed by atoms with Crippen LogP contribution in [0.25, 0.3) is 0 Å². The number of sulfone groups is 1. The van der Waals surface area contributed by atoms with Crippen molar-refractivity contribution in [2.24, 2.45) is 0 Å². The number of nitro groups is 1. The van der Waals surface area contributed by atoms with Crippen LogP contribution in [0.2, 0.25) is 0 Å². The summed E-state index contributed by atoms with van der Waals surface area (Å²) in [6.45, 7) is -0.0648. The van der Waals surface area contributed by atoms with Gasteiger partial charge in [-0.2, -0.15) is 0 Å². The van der Waals surface area contributed by atoms with Gasteiger partial charge in [-0.05, 0) is 12.1 Å². The highest BCUT2D eigenvalue weighted by atomic mass is 32.2. The molecule has 0 unspecified atom stereocenters. The van der Waals surface area contributed by atoms with Gasteiger partial charge < -0.3 is 10.1 Å². The van der Waals surface area contributed by atoms with E-state index in [-0.39, 0.29) is 23.7 Å². The summed E-state index contributed by atoms with van der Waals surface area (Å²) in [7, 11) is -3.15. The zero-order valence-corrected chi connectivity index (χ0v) is 10.8. The second-order valence-electron chi connectivity index (χ2n) is 3.70. The Kier molecular flexibility index (Phi) is 4.81. The largest absolute Gasteiger partial charge is 0.412 e. The first-order valence-corrected chi connectivity index (χ1v) is 7.22. The molecular weight excluding hydrogens is 276 g/mol. The Labute approximate surface area is 109 Å². The number of nitro benzene ring substituents is 1. The van der Waals surface area contributed by atoms with Crippen molar-refractivity contribution in [3.05, 3.63) is 34.4 Å². The van der Waals surface area contributed by atoms with Crippen molar-refractivity contribution < 1.29 is 22.9 Å². The second kappa shape index (κ2) is 6.14. The summed E-state index contributed by atoms with van der Waals surface area (Å²) in [5, 5.41) is 12.6. The molecule has 0 radical (unpaired) electrons. The summed E-state index contributed by atoms with van der Waals surface area (Å²) >= 11 is 0. The first kappa shape index (κ1) is 14.9. The number of hydrogen-bond donors (Lipinski definition) is 1. The summed E-state index contributed by atoms with van der Waals surface area (Å²) in [6.07, 6.45) is 0.230. The first-order valence-electron chi connectivity index (χ1n) is 5.16. The molecule has 0 atom stereocenters. The molecule has 0 aliphatic rings. The molecular formula is C10H12N2O6S. The van der Waals surface area contributed by atoms with Crippen molar-refractivity contribution in [1.82, 2.24) is 5.32 Å². The van der Waals surface area contributed by atoms with Crippen LogP contribution in [0.3, 0.4) is 0 Å². The fourth-order valence-electron chi connectivity index (χ4n) is 1.12. The molecule has 1 aromatic rings. The van der Waals surface area contributed by atoms with Crippen molar-refractivity contribution in [3.8, 4) is 5.75 Å². The maximum Gasteiger partial charge on any atom is 0.412 e. The summed E-state index contributed by atoms with van der Waals surface area (Å²) in [6, 6.07) is 4.93. The van der Waals surface area contributed by atoms with Crippen molar-refractivity contribution in [2.45, 2.75) is 0 Å². The number of non-ortho nitro benzene ring substituents is 1. The molecule has 0 bridgehead atoms. The summed E-state index contributed by atoms with van der Waals surface area (Å²) in [5.41, 5.74) is -0.121. The standard InChI is InChI=1S/C10H12N2O6S/c1-19(16,17)7-6-11-10(13)18-9-4-2-8(3-5-9)12(14)15/h2-5H,6-7H2,1H3,(H,11,13). The molecule has 0 aromatic heterocycles. The lowest BCUT2D eigenvalue weighted by Crippen LogP contribution is -2.31. The van der Waals surface area contributed by atoms with E-state index in [1.54, 1.807) is 0 Å². The lowest BCUT2D eigenvalue weighted by molar-refractivity contribution is -0.384. The van der Waals surface area contributed by atoms with Gasteiger partial charge in [0.15, 0.2) is 0 Å². The first-order chi connectivity index (χ1) is 8.78. The summed E-state index contributed by atoms with van der Waals surface area (Å²) in [5.74, 6) is -0.0648. The molecule has 0 spiro atoms. The van der Waals surface area contributed by atoms with Gasteiger partial charge in [-0.25, -0.2) is 13.2 Å². The monoisotopic (exact) mass is 288 g/mol. The molecule has 104 valence electrons. The molecule has 1 N–H and O–H groups in total. The lowest BCUT2D eigenvalue weighted by Gasteiger charge is -2.05. The van der Waals surface area contributed by atoms with Gasteiger partial charge in [0.1, 0.15) is 15.6 Å². The third-order valence-electron chi connectivity index (χ3n) is 2.00. The van der Waals surface area contributed by atoms with Crippen LogP contribution in [0.5, 0.6) is 5.75 Å². The fourth-order valence-corrected chi connectivity index (χ4v) is 1.59. The Balaban J connectivity index is 2.46. The number of nitrogens with zero attached hydrogens (tertiary/aromatic N) is 1. The Hall–Kier alpha value is -2.16. The molecule has 0 saturated carbocycles. The van der Waals surface area contributed by atoms with Gasteiger partial charge >= 0.3 is 6.09 Å². The highest BCUT2D eigenvalue weighted by Crippen LogP contribution is 2.17. The number of hydrogen-bond acceptors (Lipinski definition) is 6. The molecule has 0 aliphatic carbocycles. The molecule has 9 heteroatoms. The molecule has 8 nitrogen and oxygen atoms in total. The van der Waals surface area contributed by atoms with Gasteiger partial charge in [-0.1, -0.05) is 0 Å². The van der Waals surface area contributed by atoms with Crippen LogP contribution < -0.4 is 10.1 Å². The van der Waals surface area contributed by atoms with E-state index in [4.69, 9.17) is 4.74 Å². The van der Waals surface area contributed by atoms with E-state index >= 15 is 0 Å². The van der Waals surface area contributed by atoms with E-state index in [2.05, 4.69) is 5.32 Å². The maximum absolute atomic E-state index is 11.3. The Morgan fingerprint density at radius 3 is 2.42 bits per heavy atom. The van der Waals surface area contributed by atoms with E-state index in [1.165, 1.54) is 24.3 Å². The van der Waals surface area contributed by atoms with Crippen LogP contribution in [0.1, 0.15) is 0 Å². The van der Waals surface area contributed by atoms with Crippen molar-refractivity contribution in [3.63, 3.8) is 0 Å². The normalized spacial score (nSPS) is 10.8. The molecule has 0 heterocycles. The Bertz CT molecular complexity index is 566. The average molecular weight is 288 g/mol. The smallest absolute Gasteiger partial charge is 0.410 e. The molecule has 0 fully saturated rings. The molecule has 1 aromatic carbocycles. The third-order valence-corrected chi connectivity index (χ3v) is 2.95. The SMILES string of the molecule is CS(=O)(=O)CCNC(=O)Oc1ccc([N+](=O)[O-])cc1. The maximum atomic E-state index is 11.3. The van der Waals surface area contributed by atoms with Crippen LogP contribution in [0.4, 0.5) is 10.5 Å². The van der Waals surface area contributed by atoms with E-state index in [9.17, 15) is 23.3 Å². The van der Waals surface area contributed by atoms with Crippen LogP contribution in [0.15, 0.2) is 24.3 Å². The second-order valence-corrected chi connectivity index (χ2v) is 5.96. The Morgan fingerprint density at radius 2 is 1.95 bits per heavy atom. The lowest BCUT2D eigenvalue weighted by atomic mass is 10.3. The molecule has 0 aliphatic heterocycles. The number of rotatable bonds is 5. The van der Waals surface area contributed by atoms with Crippen LogP contribution in [-0.2, 0) is 9.84 Å². The fraction of sp³-hybridized carbons (Fsp3) is 0.300. The predicted molar refractivity (Wildman–Crippen MR) is 66.8 cm³/mol. The molecule has 1 amide bonds. The number of amides is 1. The van der Waals surface area contributed by atoms with E-state index in [1.807, 2.05) is 0 Å². The van der Waals surface area contributed by atoms with Gasteiger partial charge in [-0.3, -0.25) is 10.1 Å². The number of benzene rings is 1. The Morgan fingerprint density at radius 1 is 1.37 bits per heavy atom. The summed E-state index contributed by atoms with van der Waals surface area (Å²) < 4.78 is 26.4. The van der Waals surface area contributed by atoms with E-state index in [0.717, 1.165) is 6.26 Å².